The van der Waals surface area contributed by atoms with E-state index >= 15 is 0 Å². The van der Waals surface area contributed by atoms with Gasteiger partial charge in [-0.1, -0.05) is 34.8 Å². The standard InChI is InChI=1S/C14H20BrNO3/c15-11-4-3-7-14(8-11)18-10-12(17)9-16-19-13-5-1-2-6-13/h3-4,7-8,12-13,16-17H,1-2,5-6,9-10H2. The molecule has 19 heavy (non-hydrogen) atoms. The average molecular weight is 330 g/mol. The van der Waals surface area contributed by atoms with Gasteiger partial charge in [0.05, 0.1) is 12.6 Å². The Bertz CT molecular complexity index is 383. The summed E-state index contributed by atoms with van der Waals surface area (Å²) in [7, 11) is 0. The van der Waals surface area contributed by atoms with Gasteiger partial charge < -0.3 is 9.84 Å². The van der Waals surface area contributed by atoms with Gasteiger partial charge in [0.15, 0.2) is 0 Å². The van der Waals surface area contributed by atoms with Crippen LogP contribution in [0, 0.1) is 0 Å². The second kappa shape index (κ2) is 7.85. The van der Waals surface area contributed by atoms with Gasteiger partial charge in [0.2, 0.25) is 0 Å². The lowest BCUT2D eigenvalue weighted by Gasteiger charge is -2.15. The van der Waals surface area contributed by atoms with Crippen LogP contribution in [0.1, 0.15) is 25.7 Å². The highest BCUT2D eigenvalue weighted by atomic mass is 79.9. The number of aliphatic hydroxyl groups excluding tert-OH is 1. The van der Waals surface area contributed by atoms with Gasteiger partial charge in [-0.15, -0.1) is 0 Å². The van der Waals surface area contributed by atoms with Crippen molar-refractivity contribution in [2.45, 2.75) is 37.9 Å². The highest BCUT2D eigenvalue weighted by Crippen LogP contribution is 2.20. The summed E-state index contributed by atoms with van der Waals surface area (Å²) in [4.78, 5) is 5.47. The number of ether oxygens (including phenoxy) is 1. The van der Waals surface area contributed by atoms with Gasteiger partial charge in [-0.25, -0.2) is 0 Å². The molecular formula is C14H20BrNO3. The molecule has 1 saturated carbocycles. The molecule has 4 nitrogen and oxygen atoms in total. The van der Waals surface area contributed by atoms with Crippen LogP contribution in [0.15, 0.2) is 28.7 Å². The van der Waals surface area contributed by atoms with Crippen molar-refractivity contribution in [2.75, 3.05) is 13.2 Å². The van der Waals surface area contributed by atoms with Crippen molar-refractivity contribution in [3.8, 4) is 5.75 Å². The zero-order valence-electron chi connectivity index (χ0n) is 10.8. The molecule has 2 rings (SSSR count). The topological polar surface area (TPSA) is 50.7 Å². The SMILES string of the molecule is OC(CNOC1CCCC1)COc1cccc(Br)c1. The Labute approximate surface area is 122 Å². The molecule has 0 heterocycles. The summed E-state index contributed by atoms with van der Waals surface area (Å²) in [5.74, 6) is 0.741. The first-order chi connectivity index (χ1) is 9.24. The fourth-order valence-corrected chi connectivity index (χ4v) is 2.45. The summed E-state index contributed by atoms with van der Waals surface area (Å²) in [6.45, 7) is 0.627. The van der Waals surface area contributed by atoms with E-state index in [0.717, 1.165) is 23.1 Å². The molecule has 1 aromatic carbocycles. The number of hydrogen-bond donors (Lipinski definition) is 2. The highest BCUT2D eigenvalue weighted by molar-refractivity contribution is 9.10. The first kappa shape index (κ1) is 14.8. The molecule has 0 bridgehead atoms. The van der Waals surface area contributed by atoms with E-state index in [4.69, 9.17) is 9.57 Å². The van der Waals surface area contributed by atoms with Crippen LogP contribution in [0.25, 0.3) is 0 Å². The van der Waals surface area contributed by atoms with Gasteiger partial charge >= 0.3 is 0 Å². The predicted molar refractivity (Wildman–Crippen MR) is 77.0 cm³/mol. The molecule has 0 radical (unpaired) electrons. The monoisotopic (exact) mass is 329 g/mol. The molecule has 1 aliphatic carbocycles. The summed E-state index contributed by atoms with van der Waals surface area (Å²) in [5, 5.41) is 9.77. The Morgan fingerprint density at radius 2 is 2.16 bits per heavy atom. The average Bonchev–Trinajstić information content (AvgIpc) is 2.90. The molecule has 1 fully saturated rings. The Hall–Kier alpha value is -0.620. The van der Waals surface area contributed by atoms with Crippen LogP contribution in [0.5, 0.6) is 5.75 Å². The number of hydroxylamine groups is 1. The molecule has 0 spiro atoms. The number of hydrogen-bond acceptors (Lipinski definition) is 4. The van der Waals surface area contributed by atoms with Crippen LogP contribution < -0.4 is 10.2 Å². The van der Waals surface area contributed by atoms with E-state index in [9.17, 15) is 5.11 Å². The molecule has 2 N–H and O–H groups in total. The van der Waals surface area contributed by atoms with E-state index in [-0.39, 0.29) is 6.61 Å². The van der Waals surface area contributed by atoms with Gasteiger partial charge in [0.1, 0.15) is 18.5 Å². The zero-order valence-corrected chi connectivity index (χ0v) is 12.4. The van der Waals surface area contributed by atoms with E-state index in [2.05, 4.69) is 21.4 Å². The highest BCUT2D eigenvalue weighted by Gasteiger charge is 2.16. The third-order valence-electron chi connectivity index (χ3n) is 3.11. The first-order valence-electron chi connectivity index (χ1n) is 6.69. The van der Waals surface area contributed by atoms with Gasteiger partial charge in [-0.2, -0.15) is 5.48 Å². The molecule has 5 heteroatoms. The smallest absolute Gasteiger partial charge is 0.120 e. The third kappa shape index (κ3) is 5.48. The summed E-state index contributed by atoms with van der Waals surface area (Å²) >= 11 is 3.37. The molecule has 1 unspecified atom stereocenters. The number of halogens is 1. The second-order valence-corrected chi connectivity index (χ2v) is 5.71. The molecule has 0 aromatic heterocycles. The van der Waals surface area contributed by atoms with Gasteiger partial charge in [-0.05, 0) is 31.0 Å². The second-order valence-electron chi connectivity index (χ2n) is 4.79. The first-order valence-corrected chi connectivity index (χ1v) is 7.48. The van der Waals surface area contributed by atoms with E-state index in [0.29, 0.717) is 12.6 Å². The van der Waals surface area contributed by atoms with Crippen LogP contribution in [0.4, 0.5) is 0 Å². The van der Waals surface area contributed by atoms with Crippen LogP contribution in [0.2, 0.25) is 0 Å². The Kier molecular flexibility index (Phi) is 6.10. The number of nitrogens with one attached hydrogen (secondary N) is 1. The van der Waals surface area contributed by atoms with Crippen LogP contribution >= 0.6 is 15.9 Å². The van der Waals surface area contributed by atoms with E-state index in [1.165, 1.54) is 12.8 Å². The Morgan fingerprint density at radius 3 is 2.89 bits per heavy atom. The minimum absolute atomic E-state index is 0.248. The lowest BCUT2D eigenvalue weighted by Crippen LogP contribution is -2.33. The van der Waals surface area contributed by atoms with Crippen molar-refractivity contribution in [1.29, 1.82) is 0 Å². The molecule has 0 amide bonds. The quantitative estimate of drug-likeness (QED) is 0.755. The largest absolute Gasteiger partial charge is 0.491 e. The van der Waals surface area contributed by atoms with Crippen molar-refractivity contribution in [3.05, 3.63) is 28.7 Å². The van der Waals surface area contributed by atoms with Crippen LogP contribution in [0.3, 0.4) is 0 Å². The van der Waals surface area contributed by atoms with E-state index in [1.54, 1.807) is 0 Å². The van der Waals surface area contributed by atoms with Crippen molar-refractivity contribution in [2.24, 2.45) is 0 Å². The molecule has 106 valence electrons. The van der Waals surface area contributed by atoms with Crippen molar-refractivity contribution < 1.29 is 14.7 Å². The maximum absolute atomic E-state index is 9.77. The third-order valence-corrected chi connectivity index (χ3v) is 3.60. The van der Waals surface area contributed by atoms with Gasteiger partial charge in [-0.3, -0.25) is 4.84 Å². The molecule has 0 saturated heterocycles. The van der Waals surface area contributed by atoms with Crippen LogP contribution in [-0.4, -0.2) is 30.5 Å². The van der Waals surface area contributed by atoms with E-state index in [1.807, 2.05) is 24.3 Å². The minimum atomic E-state index is -0.583. The fourth-order valence-electron chi connectivity index (χ4n) is 2.08. The van der Waals surface area contributed by atoms with Gasteiger partial charge in [0.25, 0.3) is 0 Å². The predicted octanol–water partition coefficient (Wildman–Crippen LogP) is 2.65. The van der Waals surface area contributed by atoms with Gasteiger partial charge in [0, 0.05) is 4.47 Å². The number of rotatable bonds is 7. The molecule has 1 aromatic rings. The normalized spacial score (nSPS) is 17.6. The maximum atomic E-state index is 9.77. The summed E-state index contributed by atoms with van der Waals surface area (Å²) < 4.78 is 6.46. The van der Waals surface area contributed by atoms with Crippen LogP contribution in [-0.2, 0) is 4.84 Å². The van der Waals surface area contributed by atoms with Crippen molar-refractivity contribution in [1.82, 2.24) is 5.48 Å². The van der Waals surface area contributed by atoms with Crippen molar-refractivity contribution >= 4 is 15.9 Å². The fraction of sp³-hybridized carbons (Fsp3) is 0.571. The maximum Gasteiger partial charge on any atom is 0.120 e. The van der Waals surface area contributed by atoms with E-state index < -0.39 is 6.10 Å². The summed E-state index contributed by atoms with van der Waals surface area (Å²) in [5.41, 5.74) is 2.84. The molecular weight excluding hydrogens is 310 g/mol. The molecule has 1 aliphatic rings. The lowest BCUT2D eigenvalue weighted by molar-refractivity contribution is -0.0417. The Balaban J connectivity index is 1.60. The zero-order chi connectivity index (χ0) is 13.5. The lowest BCUT2D eigenvalue weighted by atomic mass is 10.3. The minimum Gasteiger partial charge on any atom is -0.491 e. The molecule has 0 aliphatic heterocycles. The number of benzene rings is 1. The van der Waals surface area contributed by atoms with Crippen molar-refractivity contribution in [3.63, 3.8) is 0 Å². The Morgan fingerprint density at radius 1 is 1.37 bits per heavy atom. The summed E-state index contributed by atoms with van der Waals surface area (Å²) in [6, 6.07) is 7.56. The summed E-state index contributed by atoms with van der Waals surface area (Å²) in [6.07, 6.45) is 4.41. The molecule has 1 atom stereocenters. The number of aliphatic hydroxyl groups is 1.